The fourth-order valence-electron chi connectivity index (χ4n) is 5.46. The molecule has 200 valence electrons. The van der Waals surface area contributed by atoms with Crippen molar-refractivity contribution in [2.75, 3.05) is 20.3 Å². The number of fused-ring (bicyclic) bond motifs is 5. The van der Waals surface area contributed by atoms with Gasteiger partial charge in [-0.05, 0) is 52.6 Å². The smallest absolute Gasteiger partial charge is 0.407 e. The van der Waals surface area contributed by atoms with Crippen LogP contribution in [0.25, 0.3) is 10.8 Å². The summed E-state index contributed by atoms with van der Waals surface area (Å²) in [5, 5.41) is 15.0. The first-order valence-corrected chi connectivity index (χ1v) is 13.1. The number of nitrogens with one attached hydrogen (secondary N) is 1. The lowest BCUT2D eigenvalue weighted by atomic mass is 9.85. The molecule has 5 bridgehead atoms. The molecule has 2 N–H and O–H groups in total. The number of hydrogen-bond donors (Lipinski definition) is 2. The Bertz CT molecular complexity index is 1170. The third-order valence-electron chi connectivity index (χ3n) is 7.68. The fraction of sp³-hybridized carbons (Fsp3) is 0.552. The van der Waals surface area contributed by atoms with Crippen LogP contribution < -0.4 is 5.32 Å². The van der Waals surface area contributed by atoms with Gasteiger partial charge in [0.1, 0.15) is 17.7 Å². The molecule has 2 aliphatic rings. The normalized spacial score (nSPS) is 25.9. The average molecular weight is 511 g/mol. The first-order chi connectivity index (χ1) is 17.5. The van der Waals surface area contributed by atoms with Gasteiger partial charge in [0.05, 0.1) is 13.2 Å². The summed E-state index contributed by atoms with van der Waals surface area (Å²) in [6, 6.07) is 10.4. The standard InChI is InChI=1S/C29H38N2O6/c1-28(2,3)24-25(32)31-18-29(36-4,17-23(31)26(33)34)22-13-12-20-11-10-19(15-21(20)16-22)9-7-5-6-8-14-37-27(35)30-24/h10-13,15-16,23-24H,5-9,14,17-18H2,1-4H3,(H,30,35)(H,33,34)/t23-,24+,29-/m0/s1. The van der Waals surface area contributed by atoms with Crippen LogP contribution >= 0.6 is 0 Å². The van der Waals surface area contributed by atoms with Gasteiger partial charge < -0.3 is 24.8 Å². The number of benzene rings is 2. The topological polar surface area (TPSA) is 105 Å². The number of carbonyl (C=O) groups is 3. The molecule has 2 aromatic rings. The molecule has 0 radical (unpaired) electrons. The molecule has 2 aromatic carbocycles. The number of hydrogen-bond acceptors (Lipinski definition) is 5. The maximum atomic E-state index is 13.9. The molecule has 3 atom stereocenters. The Morgan fingerprint density at radius 1 is 1.08 bits per heavy atom. The first kappa shape index (κ1) is 26.9. The van der Waals surface area contributed by atoms with Crippen LogP contribution in [0.15, 0.2) is 36.4 Å². The van der Waals surface area contributed by atoms with Crippen molar-refractivity contribution in [3.05, 3.63) is 47.5 Å². The lowest BCUT2D eigenvalue weighted by molar-refractivity contribution is -0.150. The Balaban J connectivity index is 1.78. The molecule has 0 aromatic heterocycles. The monoisotopic (exact) mass is 510 g/mol. The molecule has 0 aliphatic carbocycles. The molecular formula is C29H38N2O6. The summed E-state index contributed by atoms with van der Waals surface area (Å²) in [5.74, 6) is -1.57. The molecular weight excluding hydrogens is 472 g/mol. The van der Waals surface area contributed by atoms with E-state index in [1.165, 1.54) is 10.5 Å². The van der Waals surface area contributed by atoms with Gasteiger partial charge in [-0.1, -0.05) is 63.9 Å². The molecule has 8 heteroatoms. The summed E-state index contributed by atoms with van der Waals surface area (Å²) in [4.78, 5) is 40.2. The molecule has 0 spiro atoms. The van der Waals surface area contributed by atoms with Crippen molar-refractivity contribution in [2.24, 2.45) is 5.41 Å². The number of alkyl carbamates (subject to hydrolysis) is 1. The van der Waals surface area contributed by atoms with Crippen molar-refractivity contribution in [3.8, 4) is 0 Å². The molecule has 2 heterocycles. The van der Waals surface area contributed by atoms with E-state index in [4.69, 9.17) is 9.47 Å². The van der Waals surface area contributed by atoms with Gasteiger partial charge in [-0.2, -0.15) is 0 Å². The Morgan fingerprint density at radius 3 is 2.51 bits per heavy atom. The van der Waals surface area contributed by atoms with Gasteiger partial charge in [-0.25, -0.2) is 9.59 Å². The number of methoxy groups -OCH3 is 1. The number of aryl methyl sites for hydroxylation is 1. The first-order valence-electron chi connectivity index (χ1n) is 13.1. The number of carboxylic acid groups (broad SMARTS) is 1. The second-order valence-corrected chi connectivity index (χ2v) is 11.4. The van der Waals surface area contributed by atoms with Crippen LogP contribution in [0, 0.1) is 5.41 Å². The Kier molecular flexibility index (Phi) is 7.78. The number of nitrogens with zero attached hydrogens (tertiary/aromatic N) is 1. The van der Waals surface area contributed by atoms with Gasteiger partial charge in [0.25, 0.3) is 0 Å². The highest BCUT2D eigenvalue weighted by Crippen LogP contribution is 2.41. The second kappa shape index (κ2) is 10.7. The van der Waals surface area contributed by atoms with Crippen molar-refractivity contribution >= 4 is 28.7 Å². The van der Waals surface area contributed by atoms with E-state index in [9.17, 15) is 19.5 Å². The van der Waals surface area contributed by atoms with Crippen molar-refractivity contribution in [2.45, 2.75) is 77.0 Å². The molecule has 2 aliphatic heterocycles. The maximum Gasteiger partial charge on any atom is 0.407 e. The lowest BCUT2D eigenvalue weighted by Gasteiger charge is -2.35. The predicted octanol–water partition coefficient (Wildman–Crippen LogP) is 4.62. The van der Waals surface area contributed by atoms with Crippen LogP contribution in [0.3, 0.4) is 0 Å². The summed E-state index contributed by atoms with van der Waals surface area (Å²) in [6.07, 6.45) is 4.14. The van der Waals surface area contributed by atoms with Crippen LogP contribution in [-0.4, -0.2) is 60.3 Å². The number of ether oxygens (including phenoxy) is 2. The van der Waals surface area contributed by atoms with Gasteiger partial charge in [0, 0.05) is 13.5 Å². The summed E-state index contributed by atoms with van der Waals surface area (Å²) < 4.78 is 11.4. The highest BCUT2D eigenvalue weighted by molar-refractivity contribution is 5.91. The quantitative estimate of drug-likeness (QED) is 0.611. The van der Waals surface area contributed by atoms with Gasteiger partial charge in [0.2, 0.25) is 5.91 Å². The number of cyclic esters (lactones) is 1. The van der Waals surface area contributed by atoms with Crippen LogP contribution in [0.5, 0.6) is 0 Å². The summed E-state index contributed by atoms with van der Waals surface area (Å²) in [7, 11) is 1.56. The zero-order chi connectivity index (χ0) is 26.8. The molecule has 37 heavy (non-hydrogen) atoms. The van der Waals surface area contributed by atoms with Gasteiger partial charge in [-0.3, -0.25) is 4.79 Å². The minimum absolute atomic E-state index is 0.0633. The molecule has 8 nitrogen and oxygen atoms in total. The summed E-state index contributed by atoms with van der Waals surface area (Å²) in [6.45, 7) is 5.84. The Hall–Kier alpha value is -3.13. The highest BCUT2D eigenvalue weighted by Gasteiger charge is 2.52. The molecule has 2 amide bonds. The van der Waals surface area contributed by atoms with E-state index in [-0.39, 0.29) is 19.6 Å². The van der Waals surface area contributed by atoms with E-state index < -0.39 is 41.1 Å². The minimum Gasteiger partial charge on any atom is -0.480 e. The zero-order valence-electron chi connectivity index (χ0n) is 22.2. The maximum absolute atomic E-state index is 13.9. The highest BCUT2D eigenvalue weighted by atomic mass is 16.5. The molecule has 1 fully saturated rings. The largest absolute Gasteiger partial charge is 0.480 e. The van der Waals surface area contributed by atoms with Crippen molar-refractivity contribution < 1.29 is 29.0 Å². The van der Waals surface area contributed by atoms with E-state index in [1.807, 2.05) is 32.9 Å². The van der Waals surface area contributed by atoms with Gasteiger partial charge >= 0.3 is 12.1 Å². The lowest BCUT2D eigenvalue weighted by Crippen LogP contribution is -2.57. The van der Waals surface area contributed by atoms with E-state index in [0.717, 1.165) is 48.4 Å². The van der Waals surface area contributed by atoms with E-state index in [1.54, 1.807) is 7.11 Å². The van der Waals surface area contributed by atoms with Crippen LogP contribution in [0.4, 0.5) is 4.79 Å². The predicted molar refractivity (Wildman–Crippen MR) is 140 cm³/mol. The van der Waals surface area contributed by atoms with E-state index in [0.29, 0.717) is 0 Å². The number of rotatable bonds is 2. The van der Waals surface area contributed by atoms with Crippen LogP contribution in [0.1, 0.15) is 64.0 Å². The van der Waals surface area contributed by atoms with Crippen LogP contribution in [0.2, 0.25) is 0 Å². The molecule has 1 saturated heterocycles. The number of aliphatic carboxylic acids is 1. The number of amides is 2. The van der Waals surface area contributed by atoms with Crippen molar-refractivity contribution in [1.29, 1.82) is 0 Å². The third-order valence-corrected chi connectivity index (χ3v) is 7.68. The molecule has 0 saturated carbocycles. The van der Waals surface area contributed by atoms with Crippen molar-refractivity contribution in [1.82, 2.24) is 10.2 Å². The summed E-state index contributed by atoms with van der Waals surface area (Å²) >= 11 is 0. The second-order valence-electron chi connectivity index (χ2n) is 11.4. The number of carboxylic acids is 1. The van der Waals surface area contributed by atoms with Gasteiger partial charge in [0.15, 0.2) is 0 Å². The van der Waals surface area contributed by atoms with E-state index in [2.05, 4.69) is 29.6 Å². The van der Waals surface area contributed by atoms with E-state index >= 15 is 0 Å². The van der Waals surface area contributed by atoms with Crippen molar-refractivity contribution in [3.63, 3.8) is 0 Å². The molecule has 0 unspecified atom stereocenters. The van der Waals surface area contributed by atoms with Gasteiger partial charge in [-0.15, -0.1) is 0 Å². The fourth-order valence-corrected chi connectivity index (χ4v) is 5.46. The summed E-state index contributed by atoms with van der Waals surface area (Å²) in [5.41, 5.74) is 0.410. The van der Waals surface area contributed by atoms with Crippen LogP contribution in [-0.2, 0) is 31.1 Å². The zero-order valence-corrected chi connectivity index (χ0v) is 22.2. The minimum atomic E-state index is -1.10. The SMILES string of the molecule is CO[C@@]12C[C@@H](C(=O)O)N(C1)C(=O)[C@H](C(C)(C)C)NC(=O)OCCCCCCc1ccc3ccc2cc3c1. The Morgan fingerprint density at radius 2 is 1.81 bits per heavy atom. The Labute approximate surface area is 218 Å². The molecule has 4 rings (SSSR count). The number of carbonyl (C=O) groups excluding carboxylic acids is 2. The average Bonchev–Trinajstić information content (AvgIpc) is 3.26. The third kappa shape index (κ3) is 5.74.